The normalized spacial score (nSPS) is 26.4. The average Bonchev–Trinajstić information content (AvgIpc) is 2.15. The molecule has 0 amide bonds. The van der Waals surface area contributed by atoms with Crippen LogP contribution in [0.25, 0.3) is 0 Å². The first kappa shape index (κ1) is 11.9. The van der Waals surface area contributed by atoms with Gasteiger partial charge in [0.15, 0.2) is 0 Å². The van der Waals surface area contributed by atoms with E-state index >= 15 is 0 Å². The molecule has 0 aromatic carbocycles. The highest BCUT2D eigenvalue weighted by atomic mass is 16.5. The predicted molar refractivity (Wildman–Crippen MR) is 56.6 cm³/mol. The van der Waals surface area contributed by atoms with Crippen molar-refractivity contribution in [3.8, 4) is 0 Å². The minimum atomic E-state index is 0.327. The van der Waals surface area contributed by atoms with Crippen LogP contribution in [0.3, 0.4) is 0 Å². The summed E-state index contributed by atoms with van der Waals surface area (Å²) < 4.78 is 10.7. The van der Waals surface area contributed by atoms with Gasteiger partial charge in [-0.2, -0.15) is 0 Å². The van der Waals surface area contributed by atoms with Crippen LogP contribution in [0.15, 0.2) is 0 Å². The number of morpholine rings is 1. The number of hydrogen-bond acceptors (Lipinski definition) is 4. The van der Waals surface area contributed by atoms with E-state index in [4.69, 9.17) is 9.47 Å². The third-order valence-corrected chi connectivity index (χ3v) is 2.45. The predicted octanol–water partition coefficient (Wildman–Crippen LogP) is -0.0585. The van der Waals surface area contributed by atoms with Crippen molar-refractivity contribution < 1.29 is 9.47 Å². The summed E-state index contributed by atoms with van der Waals surface area (Å²) in [7, 11) is 3.86. The first-order valence-corrected chi connectivity index (χ1v) is 5.25. The van der Waals surface area contributed by atoms with E-state index in [1.165, 1.54) is 0 Å². The molecule has 4 heteroatoms. The summed E-state index contributed by atoms with van der Waals surface area (Å²) in [5.41, 5.74) is 0. The Balaban J connectivity index is 2.10. The number of nitrogens with zero attached hydrogens (tertiary/aromatic N) is 1. The third kappa shape index (κ3) is 4.37. The van der Waals surface area contributed by atoms with Gasteiger partial charge in [-0.05, 0) is 14.0 Å². The van der Waals surface area contributed by atoms with Gasteiger partial charge in [0.05, 0.1) is 19.3 Å². The first-order valence-electron chi connectivity index (χ1n) is 5.25. The second-order valence-electron chi connectivity index (χ2n) is 4.02. The molecule has 1 aliphatic rings. The summed E-state index contributed by atoms with van der Waals surface area (Å²) in [6.07, 6.45) is 0.327. The quantitative estimate of drug-likeness (QED) is 0.677. The van der Waals surface area contributed by atoms with Gasteiger partial charge in [-0.15, -0.1) is 0 Å². The van der Waals surface area contributed by atoms with E-state index in [0.29, 0.717) is 12.1 Å². The topological polar surface area (TPSA) is 33.7 Å². The Bertz CT molecular complexity index is 155. The average molecular weight is 202 g/mol. The van der Waals surface area contributed by atoms with Crippen LogP contribution in [0.5, 0.6) is 0 Å². The Labute approximate surface area is 86.6 Å². The fourth-order valence-corrected chi connectivity index (χ4v) is 1.63. The summed E-state index contributed by atoms with van der Waals surface area (Å²) in [5.74, 6) is 0. The van der Waals surface area contributed by atoms with Crippen LogP contribution in [0, 0.1) is 0 Å². The monoisotopic (exact) mass is 202 g/mol. The van der Waals surface area contributed by atoms with E-state index in [1.807, 2.05) is 0 Å². The lowest BCUT2D eigenvalue weighted by molar-refractivity contribution is -0.0200. The number of hydrogen-bond donors (Lipinski definition) is 1. The van der Waals surface area contributed by atoms with Crippen LogP contribution in [0.1, 0.15) is 6.92 Å². The lowest BCUT2D eigenvalue weighted by Crippen LogP contribution is -2.47. The molecule has 1 N–H and O–H groups in total. The molecule has 2 atom stereocenters. The molecule has 14 heavy (non-hydrogen) atoms. The van der Waals surface area contributed by atoms with Gasteiger partial charge in [-0.3, -0.25) is 0 Å². The Morgan fingerprint density at radius 3 is 3.07 bits per heavy atom. The van der Waals surface area contributed by atoms with Crippen molar-refractivity contribution in [3.63, 3.8) is 0 Å². The lowest BCUT2D eigenvalue weighted by atomic mass is 10.2. The first-order chi connectivity index (χ1) is 6.72. The maximum atomic E-state index is 5.63. The van der Waals surface area contributed by atoms with E-state index in [2.05, 4.69) is 24.2 Å². The maximum absolute atomic E-state index is 5.63. The molecule has 1 aliphatic heterocycles. The summed E-state index contributed by atoms with van der Waals surface area (Å²) >= 11 is 0. The van der Waals surface area contributed by atoms with Gasteiger partial charge < -0.3 is 19.7 Å². The van der Waals surface area contributed by atoms with E-state index in [0.717, 1.165) is 32.8 Å². The van der Waals surface area contributed by atoms with Crippen LogP contribution in [-0.4, -0.2) is 64.1 Å². The van der Waals surface area contributed by atoms with Gasteiger partial charge in [0.25, 0.3) is 0 Å². The molecule has 0 aliphatic carbocycles. The molecule has 1 saturated heterocycles. The molecule has 4 nitrogen and oxygen atoms in total. The van der Waals surface area contributed by atoms with Crippen LogP contribution in [-0.2, 0) is 9.47 Å². The molecule has 84 valence electrons. The fraction of sp³-hybridized carbons (Fsp3) is 1.00. The SMILES string of the molecule is COC[C@H](C)NC[C@H]1CN(C)CCO1. The van der Waals surface area contributed by atoms with Crippen LogP contribution >= 0.6 is 0 Å². The van der Waals surface area contributed by atoms with Gasteiger partial charge in [0.1, 0.15) is 0 Å². The summed E-state index contributed by atoms with van der Waals surface area (Å²) in [6, 6.07) is 0.399. The van der Waals surface area contributed by atoms with Crippen molar-refractivity contribution in [2.45, 2.75) is 19.1 Å². The molecular formula is C10H22N2O2. The van der Waals surface area contributed by atoms with E-state index in [-0.39, 0.29) is 0 Å². The second-order valence-corrected chi connectivity index (χ2v) is 4.02. The van der Waals surface area contributed by atoms with Crippen molar-refractivity contribution in [3.05, 3.63) is 0 Å². The Kier molecular flexibility index (Phi) is 5.40. The van der Waals surface area contributed by atoms with Crippen molar-refractivity contribution in [1.29, 1.82) is 0 Å². The van der Waals surface area contributed by atoms with Crippen molar-refractivity contribution in [1.82, 2.24) is 10.2 Å². The lowest BCUT2D eigenvalue weighted by Gasteiger charge is -2.30. The smallest absolute Gasteiger partial charge is 0.0826 e. The highest BCUT2D eigenvalue weighted by molar-refractivity contribution is 4.72. The molecule has 0 radical (unpaired) electrons. The maximum Gasteiger partial charge on any atom is 0.0826 e. The molecule has 0 aromatic rings. The standard InChI is InChI=1S/C10H22N2O2/c1-9(8-13-3)11-6-10-7-12(2)4-5-14-10/h9-11H,4-8H2,1-3H3/t9-,10-/m0/s1. The molecule has 0 unspecified atom stereocenters. The van der Waals surface area contributed by atoms with Crippen molar-refractivity contribution in [2.24, 2.45) is 0 Å². The van der Waals surface area contributed by atoms with Gasteiger partial charge >= 0.3 is 0 Å². The van der Waals surface area contributed by atoms with Crippen LogP contribution in [0.4, 0.5) is 0 Å². The zero-order chi connectivity index (χ0) is 10.4. The minimum absolute atomic E-state index is 0.327. The summed E-state index contributed by atoms with van der Waals surface area (Å²) in [4.78, 5) is 2.30. The van der Waals surface area contributed by atoms with Gasteiger partial charge in [0, 0.05) is 32.8 Å². The Morgan fingerprint density at radius 1 is 1.64 bits per heavy atom. The highest BCUT2D eigenvalue weighted by Gasteiger charge is 2.17. The molecule has 1 heterocycles. The molecule has 1 rings (SSSR count). The van der Waals surface area contributed by atoms with Crippen LogP contribution in [0.2, 0.25) is 0 Å². The largest absolute Gasteiger partial charge is 0.383 e. The number of rotatable bonds is 5. The van der Waals surface area contributed by atoms with Crippen molar-refractivity contribution >= 4 is 0 Å². The third-order valence-electron chi connectivity index (χ3n) is 2.45. The number of nitrogens with one attached hydrogen (secondary N) is 1. The second kappa shape index (κ2) is 6.35. The van der Waals surface area contributed by atoms with Crippen molar-refractivity contribution in [2.75, 3.05) is 47.0 Å². The molecule has 0 spiro atoms. The number of ether oxygens (including phenoxy) is 2. The molecule has 0 aromatic heterocycles. The molecule has 0 bridgehead atoms. The van der Waals surface area contributed by atoms with E-state index in [9.17, 15) is 0 Å². The van der Waals surface area contributed by atoms with E-state index < -0.39 is 0 Å². The fourth-order valence-electron chi connectivity index (χ4n) is 1.63. The van der Waals surface area contributed by atoms with E-state index in [1.54, 1.807) is 7.11 Å². The molecular weight excluding hydrogens is 180 g/mol. The van der Waals surface area contributed by atoms with Crippen LogP contribution < -0.4 is 5.32 Å². The molecule has 1 fully saturated rings. The summed E-state index contributed by atoms with van der Waals surface area (Å²) in [5, 5.41) is 3.40. The Morgan fingerprint density at radius 2 is 2.43 bits per heavy atom. The highest BCUT2D eigenvalue weighted by Crippen LogP contribution is 2.01. The molecule has 0 saturated carbocycles. The summed E-state index contributed by atoms with van der Waals surface area (Å²) in [6.45, 7) is 6.70. The Hall–Kier alpha value is -0.160. The van der Waals surface area contributed by atoms with Gasteiger partial charge in [-0.25, -0.2) is 0 Å². The zero-order valence-corrected chi connectivity index (χ0v) is 9.45. The minimum Gasteiger partial charge on any atom is -0.383 e. The van der Waals surface area contributed by atoms with Gasteiger partial charge in [-0.1, -0.05) is 0 Å². The van der Waals surface area contributed by atoms with Gasteiger partial charge in [0.2, 0.25) is 0 Å². The number of methoxy groups -OCH3 is 1. The zero-order valence-electron chi connectivity index (χ0n) is 9.45. The number of likely N-dealkylation sites (N-methyl/N-ethyl adjacent to an activating group) is 1.